The van der Waals surface area contributed by atoms with Gasteiger partial charge in [0.05, 0.1) is 12.7 Å². The summed E-state index contributed by atoms with van der Waals surface area (Å²) < 4.78 is 4.93. The first-order chi connectivity index (χ1) is 20.0. The maximum absolute atomic E-state index is 13.4. The maximum Gasteiger partial charge on any atom is 0.337 e. The van der Waals surface area contributed by atoms with Crippen LogP contribution in [0.15, 0.2) is 97.1 Å². The number of esters is 1. The van der Waals surface area contributed by atoms with Crippen LogP contribution in [0.1, 0.15) is 55.3 Å². The Labute approximate surface area is 240 Å². The molecule has 0 unspecified atom stereocenters. The van der Waals surface area contributed by atoms with Gasteiger partial charge in [0.25, 0.3) is 5.91 Å². The van der Waals surface area contributed by atoms with E-state index in [0.29, 0.717) is 37.2 Å². The summed E-state index contributed by atoms with van der Waals surface area (Å²) in [6.45, 7) is 1.44. The Hall–Kier alpha value is -4.71. The van der Waals surface area contributed by atoms with Crippen LogP contribution in [0.3, 0.4) is 0 Å². The van der Waals surface area contributed by atoms with Gasteiger partial charge in [0.1, 0.15) is 0 Å². The number of rotatable bonds is 7. The van der Waals surface area contributed by atoms with Crippen LogP contribution < -0.4 is 5.32 Å². The SMILES string of the molecule is COC(=O)c1cccc(-c2ccc(CNC(=O)[C@H]3C[C@@H]3c3ccccc3)c3c2CCN(C(=O)c2ccccc2)C3)c1. The molecular formula is C35H32N2O4. The van der Waals surface area contributed by atoms with Crippen molar-refractivity contribution in [3.8, 4) is 11.1 Å². The van der Waals surface area contributed by atoms with E-state index in [9.17, 15) is 14.4 Å². The smallest absolute Gasteiger partial charge is 0.337 e. The third-order valence-electron chi connectivity index (χ3n) is 8.22. The van der Waals surface area contributed by atoms with Gasteiger partial charge in [-0.15, -0.1) is 0 Å². The largest absolute Gasteiger partial charge is 0.465 e. The second-order valence-electron chi connectivity index (χ2n) is 10.7. The van der Waals surface area contributed by atoms with Crippen molar-refractivity contribution in [2.24, 2.45) is 5.92 Å². The second kappa shape index (κ2) is 11.4. The number of hydrogen-bond donors (Lipinski definition) is 1. The van der Waals surface area contributed by atoms with E-state index in [0.717, 1.165) is 34.2 Å². The molecule has 206 valence electrons. The van der Waals surface area contributed by atoms with Crippen molar-refractivity contribution in [2.75, 3.05) is 13.7 Å². The van der Waals surface area contributed by atoms with Crippen LogP contribution >= 0.6 is 0 Å². The zero-order valence-electron chi connectivity index (χ0n) is 23.0. The molecule has 2 atom stereocenters. The van der Waals surface area contributed by atoms with Crippen molar-refractivity contribution in [1.82, 2.24) is 10.2 Å². The summed E-state index contributed by atoms with van der Waals surface area (Å²) in [4.78, 5) is 40.5. The average Bonchev–Trinajstić information content (AvgIpc) is 3.85. The van der Waals surface area contributed by atoms with Crippen LogP contribution in [-0.2, 0) is 29.0 Å². The summed E-state index contributed by atoms with van der Waals surface area (Å²) in [6, 6.07) is 31.1. The van der Waals surface area contributed by atoms with Crippen LogP contribution in [0.4, 0.5) is 0 Å². The summed E-state index contributed by atoms with van der Waals surface area (Å²) >= 11 is 0. The number of carbonyl (C=O) groups excluding carboxylic acids is 3. The lowest BCUT2D eigenvalue weighted by atomic mass is 9.87. The molecule has 1 fully saturated rings. The summed E-state index contributed by atoms with van der Waals surface area (Å²) in [6.07, 6.45) is 1.54. The molecule has 1 saturated carbocycles. The minimum atomic E-state index is -0.381. The number of carbonyl (C=O) groups is 3. The van der Waals surface area contributed by atoms with Crippen molar-refractivity contribution in [1.29, 1.82) is 0 Å². The molecule has 41 heavy (non-hydrogen) atoms. The van der Waals surface area contributed by atoms with Gasteiger partial charge >= 0.3 is 5.97 Å². The van der Waals surface area contributed by atoms with Crippen molar-refractivity contribution in [2.45, 2.75) is 31.8 Å². The minimum absolute atomic E-state index is 0.00647. The molecule has 6 rings (SSSR count). The molecule has 0 saturated heterocycles. The highest BCUT2D eigenvalue weighted by Crippen LogP contribution is 2.47. The molecule has 4 aromatic carbocycles. The molecule has 0 bridgehead atoms. The molecule has 6 nitrogen and oxygen atoms in total. The van der Waals surface area contributed by atoms with Crippen molar-refractivity contribution < 1.29 is 19.1 Å². The summed E-state index contributed by atoms with van der Waals surface area (Å²) in [5.41, 5.74) is 7.51. The molecule has 1 aliphatic heterocycles. The van der Waals surface area contributed by atoms with E-state index in [-0.39, 0.29) is 29.6 Å². The molecule has 0 spiro atoms. The van der Waals surface area contributed by atoms with Crippen LogP contribution in [-0.4, -0.2) is 36.3 Å². The van der Waals surface area contributed by atoms with Crippen molar-refractivity contribution in [3.05, 3.63) is 130 Å². The highest BCUT2D eigenvalue weighted by Gasteiger charge is 2.43. The third-order valence-corrected chi connectivity index (χ3v) is 8.22. The fourth-order valence-corrected chi connectivity index (χ4v) is 5.91. The number of amides is 2. The predicted molar refractivity (Wildman–Crippen MR) is 157 cm³/mol. The Kier molecular flexibility index (Phi) is 7.38. The first kappa shape index (κ1) is 26.5. The van der Waals surface area contributed by atoms with E-state index in [4.69, 9.17) is 4.74 Å². The fourth-order valence-electron chi connectivity index (χ4n) is 5.91. The monoisotopic (exact) mass is 544 g/mol. The van der Waals surface area contributed by atoms with E-state index in [1.54, 1.807) is 6.07 Å². The molecule has 1 aliphatic carbocycles. The Balaban J connectivity index is 1.28. The van der Waals surface area contributed by atoms with Gasteiger partial charge in [-0.3, -0.25) is 9.59 Å². The number of benzene rings is 4. The highest BCUT2D eigenvalue weighted by atomic mass is 16.5. The number of nitrogens with zero attached hydrogens (tertiary/aromatic N) is 1. The standard InChI is InChI=1S/C35H32N2O4/c1-41-35(40)26-14-8-13-25(19-26)28-16-15-27(21-36-33(38)31-20-30(31)23-9-4-2-5-10-23)32-22-37(18-17-29(28)32)34(39)24-11-6-3-7-12-24/h2-16,19,30-31H,17-18,20-22H2,1H3,(H,36,38)/t30-,31+/m1/s1. The van der Waals surface area contributed by atoms with Crippen LogP contribution in [0.25, 0.3) is 11.1 Å². The summed E-state index contributed by atoms with van der Waals surface area (Å²) in [7, 11) is 1.38. The lowest BCUT2D eigenvalue weighted by molar-refractivity contribution is -0.122. The van der Waals surface area contributed by atoms with Gasteiger partial charge in [0, 0.05) is 31.1 Å². The molecule has 1 heterocycles. The quantitative estimate of drug-likeness (QED) is 0.300. The molecular weight excluding hydrogens is 512 g/mol. The zero-order chi connectivity index (χ0) is 28.3. The first-order valence-electron chi connectivity index (χ1n) is 14.0. The summed E-state index contributed by atoms with van der Waals surface area (Å²) in [5.74, 6) is -0.0599. The molecule has 2 aliphatic rings. The maximum atomic E-state index is 13.4. The van der Waals surface area contributed by atoms with E-state index in [1.807, 2.05) is 77.7 Å². The Morgan fingerprint density at radius 3 is 2.34 bits per heavy atom. The fraction of sp³-hybridized carbons (Fsp3) is 0.229. The molecule has 6 heteroatoms. The van der Waals surface area contributed by atoms with E-state index in [2.05, 4.69) is 23.5 Å². The molecule has 0 radical (unpaired) electrons. The molecule has 1 N–H and O–H groups in total. The van der Waals surface area contributed by atoms with Crippen molar-refractivity contribution >= 4 is 17.8 Å². The highest BCUT2D eigenvalue weighted by molar-refractivity contribution is 5.94. The topological polar surface area (TPSA) is 75.7 Å². The Morgan fingerprint density at radius 2 is 1.59 bits per heavy atom. The molecule has 2 amide bonds. The number of ether oxygens (including phenoxy) is 1. The third kappa shape index (κ3) is 5.50. The van der Waals surface area contributed by atoms with Gasteiger partial charge < -0.3 is 15.0 Å². The van der Waals surface area contributed by atoms with Gasteiger partial charge in [0.2, 0.25) is 5.91 Å². The number of nitrogens with one attached hydrogen (secondary N) is 1. The number of hydrogen-bond acceptors (Lipinski definition) is 4. The van der Waals surface area contributed by atoms with Gasteiger partial charge in [0.15, 0.2) is 0 Å². The normalized spacial score (nSPS) is 17.3. The number of fused-ring (bicyclic) bond motifs is 1. The van der Waals surface area contributed by atoms with E-state index in [1.165, 1.54) is 12.7 Å². The summed E-state index contributed by atoms with van der Waals surface area (Å²) in [5, 5.41) is 3.17. The predicted octanol–water partition coefficient (Wildman–Crippen LogP) is 5.76. The van der Waals surface area contributed by atoms with Gasteiger partial charge in [-0.1, -0.05) is 72.8 Å². The lowest BCUT2D eigenvalue weighted by Crippen LogP contribution is -2.37. The van der Waals surface area contributed by atoms with E-state index >= 15 is 0 Å². The zero-order valence-corrected chi connectivity index (χ0v) is 23.0. The van der Waals surface area contributed by atoms with E-state index < -0.39 is 0 Å². The average molecular weight is 545 g/mol. The van der Waals surface area contributed by atoms with Gasteiger partial charge in [-0.2, -0.15) is 0 Å². The Bertz CT molecular complexity index is 1600. The van der Waals surface area contributed by atoms with Crippen molar-refractivity contribution in [3.63, 3.8) is 0 Å². The van der Waals surface area contributed by atoms with Crippen LogP contribution in [0.5, 0.6) is 0 Å². The number of methoxy groups -OCH3 is 1. The van der Waals surface area contributed by atoms with Gasteiger partial charge in [-0.25, -0.2) is 4.79 Å². The first-order valence-corrected chi connectivity index (χ1v) is 14.0. The molecule has 0 aromatic heterocycles. The van der Waals surface area contributed by atoms with Crippen LogP contribution in [0, 0.1) is 5.92 Å². The van der Waals surface area contributed by atoms with Crippen LogP contribution in [0.2, 0.25) is 0 Å². The second-order valence-corrected chi connectivity index (χ2v) is 10.7. The minimum Gasteiger partial charge on any atom is -0.465 e. The molecule has 4 aromatic rings. The Morgan fingerprint density at radius 1 is 0.854 bits per heavy atom. The lowest BCUT2D eigenvalue weighted by Gasteiger charge is -2.32. The van der Waals surface area contributed by atoms with Gasteiger partial charge in [-0.05, 0) is 76.4 Å².